The van der Waals surface area contributed by atoms with Crippen LogP contribution in [0.2, 0.25) is 5.02 Å². The summed E-state index contributed by atoms with van der Waals surface area (Å²) in [7, 11) is 3.04. The zero-order chi connectivity index (χ0) is 12.6. The number of methoxy groups -OCH3 is 2. The highest BCUT2D eigenvalue weighted by Gasteiger charge is 2.45. The smallest absolute Gasteiger partial charge is 0.307 e. The highest BCUT2D eigenvalue weighted by atomic mass is 35.5. The Hall–Kier alpha value is -1.42. The average molecular weight is 257 g/mol. The van der Waals surface area contributed by atoms with Crippen LogP contribution in [0, 0.1) is 5.92 Å². The van der Waals surface area contributed by atoms with Crippen molar-refractivity contribution in [3.05, 3.63) is 22.7 Å². The van der Waals surface area contributed by atoms with E-state index in [4.69, 9.17) is 26.2 Å². The fraction of sp³-hybridized carbons (Fsp3) is 0.417. The Labute approximate surface area is 104 Å². The summed E-state index contributed by atoms with van der Waals surface area (Å²) in [4.78, 5) is 10.8. The highest BCUT2D eigenvalue weighted by molar-refractivity contribution is 6.33. The van der Waals surface area contributed by atoms with Crippen LogP contribution >= 0.6 is 11.6 Å². The molecule has 4 nitrogen and oxygen atoms in total. The zero-order valence-corrected chi connectivity index (χ0v) is 10.3. The second-order valence-corrected chi connectivity index (χ2v) is 4.37. The van der Waals surface area contributed by atoms with Crippen LogP contribution in [-0.4, -0.2) is 25.3 Å². The van der Waals surface area contributed by atoms with Gasteiger partial charge in [-0.05, 0) is 24.0 Å². The Bertz CT molecular complexity index is 458. The quantitative estimate of drug-likeness (QED) is 0.900. The molecule has 0 aromatic heterocycles. The summed E-state index contributed by atoms with van der Waals surface area (Å²) in [5, 5.41) is 9.35. The van der Waals surface area contributed by atoms with Crippen molar-refractivity contribution in [1.29, 1.82) is 0 Å². The van der Waals surface area contributed by atoms with E-state index < -0.39 is 5.97 Å². The van der Waals surface area contributed by atoms with Crippen molar-refractivity contribution in [3.63, 3.8) is 0 Å². The van der Waals surface area contributed by atoms with Gasteiger partial charge in [-0.1, -0.05) is 17.7 Å². The van der Waals surface area contributed by atoms with E-state index in [1.165, 1.54) is 14.2 Å². The standard InChI is InChI=1S/C12H13ClO4/c1-16-9-4-3-6(10(13)11(9)17-2)7-5-8(7)12(14)15/h3-4,7-8H,5H2,1-2H3,(H,14,15). The molecule has 1 aromatic carbocycles. The number of benzene rings is 1. The minimum Gasteiger partial charge on any atom is -0.493 e. The van der Waals surface area contributed by atoms with Gasteiger partial charge in [-0.25, -0.2) is 0 Å². The van der Waals surface area contributed by atoms with E-state index in [0.29, 0.717) is 22.9 Å². The number of aliphatic carboxylic acids is 1. The van der Waals surface area contributed by atoms with Gasteiger partial charge >= 0.3 is 5.97 Å². The summed E-state index contributed by atoms with van der Waals surface area (Å²) in [5.41, 5.74) is 0.816. The zero-order valence-electron chi connectivity index (χ0n) is 9.57. The molecule has 2 unspecified atom stereocenters. The van der Waals surface area contributed by atoms with E-state index in [2.05, 4.69) is 0 Å². The maximum Gasteiger partial charge on any atom is 0.307 e. The molecule has 0 saturated heterocycles. The van der Waals surface area contributed by atoms with Gasteiger partial charge in [-0.2, -0.15) is 0 Å². The number of carboxylic acid groups (broad SMARTS) is 1. The predicted octanol–water partition coefficient (Wildman–Crippen LogP) is 2.55. The maximum atomic E-state index is 10.8. The van der Waals surface area contributed by atoms with Gasteiger partial charge in [0.2, 0.25) is 0 Å². The Morgan fingerprint density at radius 1 is 1.41 bits per heavy atom. The Kier molecular flexibility index (Phi) is 3.15. The molecule has 2 atom stereocenters. The Morgan fingerprint density at radius 3 is 2.59 bits per heavy atom. The first-order valence-electron chi connectivity index (χ1n) is 5.23. The van der Waals surface area contributed by atoms with Gasteiger partial charge < -0.3 is 14.6 Å². The molecule has 2 rings (SSSR count). The monoisotopic (exact) mass is 256 g/mol. The first-order chi connectivity index (χ1) is 8.10. The van der Waals surface area contributed by atoms with Crippen molar-refractivity contribution in [3.8, 4) is 11.5 Å². The van der Waals surface area contributed by atoms with Gasteiger partial charge in [0.25, 0.3) is 0 Å². The molecule has 92 valence electrons. The molecule has 1 fully saturated rings. The number of halogens is 1. The molecule has 0 radical (unpaired) electrons. The summed E-state index contributed by atoms with van der Waals surface area (Å²) in [6.45, 7) is 0. The highest BCUT2D eigenvalue weighted by Crippen LogP contribution is 2.52. The lowest BCUT2D eigenvalue weighted by atomic mass is 10.1. The Balaban J connectivity index is 2.34. The summed E-state index contributed by atoms with van der Waals surface area (Å²) in [5.74, 6) is -0.109. The van der Waals surface area contributed by atoms with Crippen LogP contribution < -0.4 is 9.47 Å². The number of rotatable bonds is 4. The molecule has 1 N–H and O–H groups in total. The molecule has 0 aliphatic heterocycles. The third-order valence-electron chi connectivity index (χ3n) is 3.02. The van der Waals surface area contributed by atoms with Crippen LogP contribution in [0.4, 0.5) is 0 Å². The van der Waals surface area contributed by atoms with Gasteiger partial charge in [-0.3, -0.25) is 4.79 Å². The summed E-state index contributed by atoms with van der Waals surface area (Å²) in [6.07, 6.45) is 0.630. The largest absolute Gasteiger partial charge is 0.493 e. The fourth-order valence-corrected chi connectivity index (χ4v) is 2.38. The first-order valence-corrected chi connectivity index (χ1v) is 5.61. The lowest BCUT2D eigenvalue weighted by Gasteiger charge is -2.12. The topological polar surface area (TPSA) is 55.8 Å². The minimum absolute atomic E-state index is 0.0141. The molecule has 1 aromatic rings. The second kappa shape index (κ2) is 4.45. The van der Waals surface area contributed by atoms with E-state index >= 15 is 0 Å². The normalized spacial score (nSPS) is 22.1. The van der Waals surface area contributed by atoms with Crippen molar-refractivity contribution in [1.82, 2.24) is 0 Å². The van der Waals surface area contributed by atoms with Gasteiger partial charge in [0.05, 0.1) is 25.2 Å². The van der Waals surface area contributed by atoms with Crippen molar-refractivity contribution in [2.24, 2.45) is 5.92 Å². The molecule has 0 amide bonds. The van der Waals surface area contributed by atoms with Crippen LogP contribution in [-0.2, 0) is 4.79 Å². The van der Waals surface area contributed by atoms with Crippen LogP contribution in [0.1, 0.15) is 17.9 Å². The number of hydrogen-bond donors (Lipinski definition) is 1. The summed E-state index contributed by atoms with van der Waals surface area (Å²) in [6, 6.07) is 3.55. The molecule has 1 aliphatic carbocycles. The number of carboxylic acids is 1. The minimum atomic E-state index is -0.777. The lowest BCUT2D eigenvalue weighted by Crippen LogP contribution is -2.00. The van der Waals surface area contributed by atoms with E-state index in [-0.39, 0.29) is 11.8 Å². The van der Waals surface area contributed by atoms with Gasteiger partial charge in [0, 0.05) is 0 Å². The number of hydrogen-bond acceptors (Lipinski definition) is 3. The van der Waals surface area contributed by atoms with Gasteiger partial charge in [0.1, 0.15) is 0 Å². The van der Waals surface area contributed by atoms with Crippen LogP contribution in [0.5, 0.6) is 11.5 Å². The molecule has 1 saturated carbocycles. The van der Waals surface area contributed by atoms with Crippen molar-refractivity contribution < 1.29 is 19.4 Å². The fourth-order valence-electron chi connectivity index (χ4n) is 2.00. The van der Waals surface area contributed by atoms with Crippen molar-refractivity contribution in [2.45, 2.75) is 12.3 Å². The van der Waals surface area contributed by atoms with E-state index in [1.54, 1.807) is 12.1 Å². The molecule has 5 heteroatoms. The molecule has 0 spiro atoms. The number of ether oxygens (including phenoxy) is 2. The van der Waals surface area contributed by atoms with Crippen LogP contribution in [0.15, 0.2) is 12.1 Å². The summed E-state index contributed by atoms with van der Waals surface area (Å²) >= 11 is 6.20. The van der Waals surface area contributed by atoms with E-state index in [0.717, 1.165) is 5.56 Å². The van der Waals surface area contributed by atoms with Crippen LogP contribution in [0.3, 0.4) is 0 Å². The SMILES string of the molecule is COc1ccc(C2CC2C(=O)O)c(Cl)c1OC. The molecule has 0 bridgehead atoms. The second-order valence-electron chi connectivity index (χ2n) is 3.99. The van der Waals surface area contributed by atoms with Crippen LogP contribution in [0.25, 0.3) is 0 Å². The molecular formula is C12H13ClO4. The average Bonchev–Trinajstić information content (AvgIpc) is 3.08. The lowest BCUT2D eigenvalue weighted by molar-refractivity contribution is -0.138. The third kappa shape index (κ3) is 2.05. The first kappa shape index (κ1) is 12.0. The summed E-state index contributed by atoms with van der Waals surface area (Å²) < 4.78 is 10.3. The third-order valence-corrected chi connectivity index (χ3v) is 3.41. The Morgan fingerprint density at radius 2 is 2.12 bits per heavy atom. The molecule has 0 heterocycles. The van der Waals surface area contributed by atoms with Gasteiger partial charge in [-0.15, -0.1) is 0 Å². The van der Waals surface area contributed by atoms with Gasteiger partial charge in [0.15, 0.2) is 11.5 Å². The number of carbonyl (C=O) groups is 1. The van der Waals surface area contributed by atoms with Crippen molar-refractivity contribution >= 4 is 17.6 Å². The van der Waals surface area contributed by atoms with Crippen molar-refractivity contribution in [2.75, 3.05) is 14.2 Å². The predicted molar refractivity (Wildman–Crippen MR) is 63.0 cm³/mol. The molecule has 17 heavy (non-hydrogen) atoms. The van der Waals surface area contributed by atoms with E-state index in [9.17, 15) is 4.79 Å². The van der Waals surface area contributed by atoms with E-state index in [1.807, 2.05) is 0 Å². The maximum absolute atomic E-state index is 10.8. The molecule has 1 aliphatic rings. The molecular weight excluding hydrogens is 244 g/mol.